The average Bonchev–Trinajstić information content (AvgIpc) is 3.23. The van der Waals surface area contributed by atoms with Crippen molar-refractivity contribution < 1.29 is 4.74 Å². The van der Waals surface area contributed by atoms with E-state index in [1.54, 1.807) is 6.33 Å². The van der Waals surface area contributed by atoms with Gasteiger partial charge in [0.05, 0.1) is 18.3 Å². The van der Waals surface area contributed by atoms with Crippen molar-refractivity contribution in [2.75, 3.05) is 19.7 Å². The highest BCUT2D eigenvalue weighted by Crippen LogP contribution is 2.22. The third kappa shape index (κ3) is 2.85. The molecule has 1 fully saturated rings. The number of fused-ring (bicyclic) bond motifs is 1. The maximum Gasteiger partial charge on any atom is 0.163 e. The molecule has 1 saturated heterocycles. The molecule has 0 radical (unpaired) electrons. The third-order valence-corrected chi connectivity index (χ3v) is 4.34. The first kappa shape index (κ1) is 14.3. The van der Waals surface area contributed by atoms with Gasteiger partial charge in [0, 0.05) is 31.6 Å². The van der Waals surface area contributed by atoms with E-state index >= 15 is 0 Å². The predicted octanol–water partition coefficient (Wildman–Crippen LogP) is 1.75. The van der Waals surface area contributed by atoms with Crippen LogP contribution < -0.4 is 0 Å². The van der Waals surface area contributed by atoms with Crippen molar-refractivity contribution in [1.82, 2.24) is 29.9 Å². The molecule has 7 nitrogen and oxygen atoms in total. The Morgan fingerprint density at radius 3 is 3.26 bits per heavy atom. The molecule has 1 N–H and O–H groups in total. The number of H-pyrrole nitrogens is 1. The number of rotatable bonds is 4. The summed E-state index contributed by atoms with van der Waals surface area (Å²) in [4.78, 5) is 2.40. The minimum absolute atomic E-state index is 0.0120. The molecule has 1 atom stereocenters. The van der Waals surface area contributed by atoms with Crippen molar-refractivity contribution >= 4 is 10.9 Å². The molecular weight excluding hydrogens is 292 g/mol. The third-order valence-electron chi connectivity index (χ3n) is 4.34. The number of nitrogens with zero attached hydrogens (tertiary/aromatic N) is 5. The molecule has 1 aromatic carbocycles. The highest BCUT2D eigenvalue weighted by atomic mass is 16.5. The summed E-state index contributed by atoms with van der Waals surface area (Å²) in [6.45, 7) is 6.33. The Hall–Kier alpha value is -2.25. The Balaban J connectivity index is 1.48. The highest BCUT2D eigenvalue weighted by Gasteiger charge is 2.25. The van der Waals surface area contributed by atoms with E-state index in [0.29, 0.717) is 6.61 Å². The van der Waals surface area contributed by atoms with Crippen LogP contribution in [-0.4, -0.2) is 49.6 Å². The van der Waals surface area contributed by atoms with E-state index in [4.69, 9.17) is 4.74 Å². The first-order valence-electron chi connectivity index (χ1n) is 7.97. The first-order valence-corrected chi connectivity index (χ1v) is 7.97. The lowest BCUT2D eigenvalue weighted by molar-refractivity contribution is -0.0388. The van der Waals surface area contributed by atoms with Crippen LogP contribution in [-0.2, 0) is 17.8 Å². The minimum atomic E-state index is -0.0120. The van der Waals surface area contributed by atoms with Crippen LogP contribution in [0.2, 0.25) is 0 Å². The zero-order valence-electron chi connectivity index (χ0n) is 13.1. The van der Waals surface area contributed by atoms with Gasteiger partial charge in [-0.15, -0.1) is 10.2 Å². The van der Waals surface area contributed by atoms with E-state index in [0.717, 1.165) is 42.9 Å². The normalized spacial score (nSPS) is 19.4. The molecule has 23 heavy (non-hydrogen) atoms. The van der Waals surface area contributed by atoms with Gasteiger partial charge in [-0.2, -0.15) is 5.10 Å². The number of aryl methyl sites for hydroxylation is 1. The van der Waals surface area contributed by atoms with Crippen molar-refractivity contribution in [3.63, 3.8) is 0 Å². The summed E-state index contributed by atoms with van der Waals surface area (Å²) < 4.78 is 7.96. The summed E-state index contributed by atoms with van der Waals surface area (Å²) in [5.74, 6) is 0.918. The van der Waals surface area contributed by atoms with E-state index in [1.807, 2.05) is 10.8 Å². The lowest BCUT2D eigenvalue weighted by atomic mass is 10.1. The van der Waals surface area contributed by atoms with Crippen molar-refractivity contribution in [2.45, 2.75) is 26.1 Å². The number of morpholine rings is 1. The molecule has 2 aromatic heterocycles. The molecule has 1 unspecified atom stereocenters. The van der Waals surface area contributed by atoms with Crippen LogP contribution in [0.5, 0.6) is 0 Å². The zero-order valence-corrected chi connectivity index (χ0v) is 13.1. The lowest BCUT2D eigenvalue weighted by Gasteiger charge is -2.32. The molecule has 1 aliphatic heterocycles. The molecule has 3 aromatic rings. The van der Waals surface area contributed by atoms with Crippen LogP contribution in [0.3, 0.4) is 0 Å². The minimum Gasteiger partial charge on any atom is -0.368 e. The first-order chi connectivity index (χ1) is 11.3. The molecule has 7 heteroatoms. The van der Waals surface area contributed by atoms with Gasteiger partial charge in [-0.1, -0.05) is 12.1 Å². The monoisotopic (exact) mass is 312 g/mol. The fourth-order valence-corrected chi connectivity index (χ4v) is 3.10. The SMILES string of the molecule is CCn1cnnc1C1CN(Cc2ccc3cn[nH]c3c2)CCO1. The van der Waals surface area contributed by atoms with E-state index in [-0.39, 0.29) is 6.10 Å². The van der Waals surface area contributed by atoms with Crippen LogP contribution in [0.1, 0.15) is 24.4 Å². The average molecular weight is 312 g/mol. The number of ether oxygens (including phenoxy) is 1. The Morgan fingerprint density at radius 1 is 1.39 bits per heavy atom. The number of hydrogen-bond acceptors (Lipinski definition) is 5. The van der Waals surface area contributed by atoms with Gasteiger partial charge in [-0.05, 0) is 18.6 Å². The van der Waals surface area contributed by atoms with E-state index < -0.39 is 0 Å². The van der Waals surface area contributed by atoms with Crippen molar-refractivity contribution in [1.29, 1.82) is 0 Å². The second kappa shape index (κ2) is 6.10. The lowest BCUT2D eigenvalue weighted by Crippen LogP contribution is -2.38. The van der Waals surface area contributed by atoms with E-state index in [1.165, 1.54) is 5.56 Å². The van der Waals surface area contributed by atoms with Gasteiger partial charge in [-0.3, -0.25) is 10.00 Å². The largest absolute Gasteiger partial charge is 0.368 e. The molecule has 0 saturated carbocycles. The van der Waals surface area contributed by atoms with Crippen molar-refractivity contribution in [3.8, 4) is 0 Å². The van der Waals surface area contributed by atoms with Gasteiger partial charge in [-0.25, -0.2) is 0 Å². The Morgan fingerprint density at radius 2 is 2.35 bits per heavy atom. The summed E-state index contributed by atoms with van der Waals surface area (Å²) in [6, 6.07) is 6.44. The van der Waals surface area contributed by atoms with Gasteiger partial charge in [0.2, 0.25) is 0 Å². The molecule has 3 heterocycles. The number of aromatic amines is 1. The Kier molecular flexibility index (Phi) is 3.80. The number of aromatic nitrogens is 5. The number of nitrogens with one attached hydrogen (secondary N) is 1. The van der Waals surface area contributed by atoms with Crippen LogP contribution >= 0.6 is 0 Å². The van der Waals surface area contributed by atoms with Crippen LogP contribution in [0.15, 0.2) is 30.7 Å². The summed E-state index contributed by atoms with van der Waals surface area (Å²) in [5.41, 5.74) is 2.36. The molecule has 0 aliphatic carbocycles. The second-order valence-corrected chi connectivity index (χ2v) is 5.86. The van der Waals surface area contributed by atoms with Gasteiger partial charge in [0.25, 0.3) is 0 Å². The molecule has 0 amide bonds. The smallest absolute Gasteiger partial charge is 0.163 e. The number of benzene rings is 1. The highest BCUT2D eigenvalue weighted by molar-refractivity contribution is 5.78. The predicted molar refractivity (Wildman–Crippen MR) is 85.8 cm³/mol. The van der Waals surface area contributed by atoms with Gasteiger partial charge in [0.15, 0.2) is 5.82 Å². The van der Waals surface area contributed by atoms with E-state index in [2.05, 4.69) is 50.4 Å². The topological polar surface area (TPSA) is 71.9 Å². The standard InChI is InChI=1S/C16H20N6O/c1-2-22-11-18-20-16(22)15-10-21(5-6-23-15)9-12-3-4-13-8-17-19-14(13)7-12/h3-4,7-8,11,15H,2,5-6,9-10H2,1H3,(H,17,19). The summed E-state index contributed by atoms with van der Waals surface area (Å²) in [7, 11) is 0. The zero-order chi connectivity index (χ0) is 15.6. The maximum absolute atomic E-state index is 5.91. The van der Waals surface area contributed by atoms with Crippen LogP contribution in [0, 0.1) is 0 Å². The van der Waals surface area contributed by atoms with Gasteiger partial charge < -0.3 is 9.30 Å². The fourth-order valence-electron chi connectivity index (χ4n) is 3.10. The second-order valence-electron chi connectivity index (χ2n) is 5.86. The Labute approximate surface area is 134 Å². The summed E-state index contributed by atoms with van der Waals surface area (Å²) in [6.07, 6.45) is 3.60. The van der Waals surface area contributed by atoms with Crippen molar-refractivity contribution in [2.24, 2.45) is 0 Å². The summed E-state index contributed by atoms with van der Waals surface area (Å²) >= 11 is 0. The van der Waals surface area contributed by atoms with Crippen LogP contribution in [0.25, 0.3) is 10.9 Å². The maximum atomic E-state index is 5.91. The van der Waals surface area contributed by atoms with E-state index in [9.17, 15) is 0 Å². The molecule has 120 valence electrons. The molecule has 1 aliphatic rings. The Bertz CT molecular complexity index is 795. The molecular formula is C16H20N6O. The van der Waals surface area contributed by atoms with Gasteiger partial charge >= 0.3 is 0 Å². The number of hydrogen-bond donors (Lipinski definition) is 1. The fraction of sp³-hybridized carbons (Fsp3) is 0.438. The van der Waals surface area contributed by atoms with Gasteiger partial charge in [0.1, 0.15) is 12.4 Å². The molecule has 0 bridgehead atoms. The quantitative estimate of drug-likeness (QED) is 0.794. The van der Waals surface area contributed by atoms with Crippen molar-refractivity contribution in [3.05, 3.63) is 42.1 Å². The summed E-state index contributed by atoms with van der Waals surface area (Å²) in [5, 5.41) is 16.5. The molecule has 4 rings (SSSR count). The molecule has 0 spiro atoms. The van der Waals surface area contributed by atoms with Crippen LogP contribution in [0.4, 0.5) is 0 Å².